The average molecular weight is 501 g/mol. The Bertz CT molecular complexity index is 1330. The Hall–Kier alpha value is -3.93. The van der Waals surface area contributed by atoms with Crippen molar-refractivity contribution in [3.63, 3.8) is 0 Å². The molecule has 0 atom stereocenters. The van der Waals surface area contributed by atoms with Crippen LogP contribution in [0.5, 0.6) is 5.75 Å². The Morgan fingerprint density at radius 1 is 1.03 bits per heavy atom. The fraction of sp³-hybridized carbons (Fsp3) is 0.333. The number of aromatic nitrogens is 5. The summed E-state index contributed by atoms with van der Waals surface area (Å²) in [5, 5.41) is 8.45. The summed E-state index contributed by atoms with van der Waals surface area (Å²) < 4.78 is 48.1. The maximum absolute atomic E-state index is 12.4. The molecular formula is C24H25F3N7O2+. The van der Waals surface area contributed by atoms with Crippen LogP contribution >= 0.6 is 0 Å². The van der Waals surface area contributed by atoms with E-state index >= 15 is 0 Å². The van der Waals surface area contributed by atoms with Gasteiger partial charge >= 0.3 is 6.36 Å². The van der Waals surface area contributed by atoms with Crippen LogP contribution in [0.2, 0.25) is 0 Å². The number of hydrogen-bond donors (Lipinski definition) is 1. The molecule has 0 radical (unpaired) electrons. The van der Waals surface area contributed by atoms with E-state index in [-0.39, 0.29) is 23.3 Å². The normalized spacial score (nSPS) is 14.9. The number of nitrogens with zero attached hydrogens (tertiary/aromatic N) is 6. The molecule has 12 heteroatoms. The molecule has 0 saturated carbocycles. The molecule has 5 rings (SSSR count). The zero-order valence-electron chi connectivity index (χ0n) is 19.8. The van der Waals surface area contributed by atoms with Crippen molar-refractivity contribution in [1.82, 2.24) is 24.9 Å². The Kier molecular flexibility index (Phi) is 6.35. The van der Waals surface area contributed by atoms with Gasteiger partial charge in [-0.15, -0.1) is 18.3 Å². The Morgan fingerprint density at radius 3 is 2.50 bits per heavy atom. The van der Waals surface area contributed by atoms with Crippen LogP contribution in [0.15, 0.2) is 53.1 Å². The van der Waals surface area contributed by atoms with Crippen molar-refractivity contribution in [3.05, 3.63) is 59.9 Å². The molecule has 1 N–H and O–H groups in total. The highest BCUT2D eigenvalue weighted by Gasteiger charge is 2.31. The minimum Gasteiger partial charge on any atom is -0.406 e. The minimum absolute atomic E-state index is 0.121. The van der Waals surface area contributed by atoms with Crippen molar-refractivity contribution in [3.8, 4) is 28.9 Å². The standard InChI is InChI=1S/C24H24F3N7O2/c1-16-28-22(23-29-21(31-36-23)18-6-8-20(9-7-18)35-24(25,26)27)30-34(16)15-17-4-3-5-19(14-17)33-12-10-32(2)11-13-33/h3-9,14H,10-13,15H2,1-2H3/p+1. The number of benzene rings is 2. The molecule has 1 aliphatic rings. The number of quaternary nitrogens is 1. The van der Waals surface area contributed by atoms with Crippen molar-refractivity contribution in [2.24, 2.45) is 0 Å². The van der Waals surface area contributed by atoms with Crippen LogP contribution in [-0.2, 0) is 6.54 Å². The van der Waals surface area contributed by atoms with Gasteiger partial charge in [0.2, 0.25) is 11.6 Å². The number of ether oxygens (including phenoxy) is 1. The molecule has 36 heavy (non-hydrogen) atoms. The molecule has 2 aromatic carbocycles. The highest BCUT2D eigenvalue weighted by molar-refractivity contribution is 5.58. The van der Waals surface area contributed by atoms with Gasteiger partial charge in [-0.1, -0.05) is 17.3 Å². The quantitative estimate of drug-likeness (QED) is 0.436. The van der Waals surface area contributed by atoms with Crippen LogP contribution in [0, 0.1) is 6.92 Å². The smallest absolute Gasteiger partial charge is 0.406 e. The Balaban J connectivity index is 1.29. The summed E-state index contributed by atoms with van der Waals surface area (Å²) in [6.07, 6.45) is -4.75. The highest BCUT2D eigenvalue weighted by Crippen LogP contribution is 2.26. The molecule has 9 nitrogen and oxygen atoms in total. The number of piperazine rings is 1. The van der Waals surface area contributed by atoms with Crippen LogP contribution < -0.4 is 14.5 Å². The van der Waals surface area contributed by atoms with E-state index in [1.165, 1.54) is 30.0 Å². The lowest BCUT2D eigenvalue weighted by molar-refractivity contribution is -0.880. The summed E-state index contributed by atoms with van der Waals surface area (Å²) in [6, 6.07) is 13.6. The van der Waals surface area contributed by atoms with Crippen LogP contribution in [0.1, 0.15) is 11.4 Å². The number of rotatable bonds is 6. The van der Waals surface area contributed by atoms with E-state index in [1.54, 1.807) is 9.58 Å². The van der Waals surface area contributed by atoms with Gasteiger partial charge in [0.05, 0.1) is 39.8 Å². The predicted molar refractivity (Wildman–Crippen MR) is 125 cm³/mol. The number of alkyl halides is 3. The molecule has 0 bridgehead atoms. The van der Waals surface area contributed by atoms with E-state index in [0.717, 1.165) is 31.7 Å². The van der Waals surface area contributed by atoms with Gasteiger partial charge in [-0.3, -0.25) is 0 Å². The number of anilines is 1. The Morgan fingerprint density at radius 2 is 1.78 bits per heavy atom. The molecule has 1 fully saturated rings. The number of likely N-dealkylation sites (N-methyl/N-ethyl adjacent to an activating group) is 1. The summed E-state index contributed by atoms with van der Waals surface area (Å²) in [5.41, 5.74) is 2.77. The largest absolute Gasteiger partial charge is 0.573 e. The van der Waals surface area contributed by atoms with Gasteiger partial charge in [-0.25, -0.2) is 9.67 Å². The van der Waals surface area contributed by atoms with E-state index in [1.807, 2.05) is 6.92 Å². The van der Waals surface area contributed by atoms with Crippen molar-refractivity contribution < 1.29 is 27.3 Å². The summed E-state index contributed by atoms with van der Waals surface area (Å²) in [7, 11) is 2.22. The van der Waals surface area contributed by atoms with Gasteiger partial charge in [-0.2, -0.15) is 4.98 Å². The van der Waals surface area contributed by atoms with E-state index < -0.39 is 6.36 Å². The van der Waals surface area contributed by atoms with Gasteiger partial charge in [0.25, 0.3) is 5.89 Å². The molecule has 2 aromatic heterocycles. The summed E-state index contributed by atoms with van der Waals surface area (Å²) in [5.74, 6) is 0.965. The number of halogens is 3. The molecular weight excluding hydrogens is 475 g/mol. The van der Waals surface area contributed by atoms with E-state index in [4.69, 9.17) is 4.52 Å². The van der Waals surface area contributed by atoms with Crippen molar-refractivity contribution in [2.45, 2.75) is 19.8 Å². The molecule has 4 aromatic rings. The van der Waals surface area contributed by atoms with Gasteiger partial charge in [0.15, 0.2) is 0 Å². The first-order valence-corrected chi connectivity index (χ1v) is 11.5. The second-order valence-electron chi connectivity index (χ2n) is 8.75. The van der Waals surface area contributed by atoms with E-state index in [0.29, 0.717) is 17.9 Å². The number of nitrogens with one attached hydrogen (secondary N) is 1. The lowest BCUT2D eigenvalue weighted by atomic mass is 10.1. The molecule has 1 aliphatic heterocycles. The van der Waals surface area contributed by atoms with Crippen LogP contribution in [-0.4, -0.2) is 64.5 Å². The first kappa shape index (κ1) is 23.8. The fourth-order valence-corrected chi connectivity index (χ4v) is 4.07. The van der Waals surface area contributed by atoms with E-state index in [2.05, 4.69) is 61.2 Å². The molecule has 0 amide bonds. The summed E-state index contributed by atoms with van der Waals surface area (Å²) in [4.78, 5) is 12.7. The molecule has 3 heterocycles. The van der Waals surface area contributed by atoms with Gasteiger partial charge in [0.1, 0.15) is 11.6 Å². The maximum Gasteiger partial charge on any atom is 0.573 e. The molecule has 1 saturated heterocycles. The van der Waals surface area contributed by atoms with Crippen LogP contribution in [0.3, 0.4) is 0 Å². The molecule has 0 spiro atoms. The first-order valence-electron chi connectivity index (χ1n) is 11.5. The Labute approximate surface area is 205 Å². The SMILES string of the molecule is Cc1nc(-c2nc(-c3ccc(OC(F)(F)F)cc3)no2)nn1Cc1cccc(N2CC[NH+](C)CC2)c1. The minimum atomic E-state index is -4.75. The number of hydrogen-bond acceptors (Lipinski definition) is 7. The fourth-order valence-electron chi connectivity index (χ4n) is 4.07. The third-order valence-corrected chi connectivity index (χ3v) is 6.05. The van der Waals surface area contributed by atoms with Crippen molar-refractivity contribution in [2.75, 3.05) is 38.1 Å². The molecule has 0 aliphatic carbocycles. The lowest BCUT2D eigenvalue weighted by Crippen LogP contribution is -3.12. The second-order valence-corrected chi connectivity index (χ2v) is 8.75. The van der Waals surface area contributed by atoms with Gasteiger partial charge in [0, 0.05) is 11.3 Å². The first-order chi connectivity index (χ1) is 17.2. The third kappa shape index (κ3) is 5.48. The average Bonchev–Trinajstić information content (AvgIpc) is 3.47. The monoisotopic (exact) mass is 500 g/mol. The second kappa shape index (κ2) is 9.61. The molecule has 188 valence electrons. The van der Waals surface area contributed by atoms with Crippen LogP contribution in [0.4, 0.5) is 18.9 Å². The zero-order valence-corrected chi connectivity index (χ0v) is 19.8. The van der Waals surface area contributed by atoms with E-state index in [9.17, 15) is 13.2 Å². The number of aryl methyl sites for hydroxylation is 1. The zero-order chi connectivity index (χ0) is 25.3. The van der Waals surface area contributed by atoms with Gasteiger partial charge < -0.3 is 19.1 Å². The topological polar surface area (TPSA) is 86.5 Å². The maximum atomic E-state index is 12.4. The summed E-state index contributed by atoms with van der Waals surface area (Å²) in [6.45, 7) is 6.67. The van der Waals surface area contributed by atoms with Crippen molar-refractivity contribution in [1.29, 1.82) is 0 Å². The van der Waals surface area contributed by atoms with Gasteiger partial charge in [-0.05, 0) is 48.9 Å². The van der Waals surface area contributed by atoms with Crippen LogP contribution in [0.25, 0.3) is 23.1 Å². The lowest BCUT2D eigenvalue weighted by Gasteiger charge is -2.32. The summed E-state index contributed by atoms with van der Waals surface area (Å²) >= 11 is 0. The predicted octanol–water partition coefficient (Wildman–Crippen LogP) is 2.59. The van der Waals surface area contributed by atoms with Crippen molar-refractivity contribution >= 4 is 5.69 Å². The molecule has 0 unspecified atom stereocenters. The third-order valence-electron chi connectivity index (χ3n) is 6.05. The highest BCUT2D eigenvalue weighted by atomic mass is 19.4.